The van der Waals surface area contributed by atoms with Crippen LogP contribution in [0, 0.1) is 23.2 Å². The molecule has 4 aliphatic carbocycles. The van der Waals surface area contributed by atoms with Crippen LogP contribution in [0.1, 0.15) is 45.4 Å². The van der Waals surface area contributed by atoms with Crippen LogP contribution in [0.15, 0.2) is 23.8 Å². The molecule has 3 nitrogen and oxygen atoms in total. The number of aliphatic hydroxyl groups is 2. The van der Waals surface area contributed by atoms with Crippen LogP contribution in [0.25, 0.3) is 0 Å². The van der Waals surface area contributed by atoms with Gasteiger partial charge in [-0.1, -0.05) is 6.92 Å². The minimum atomic E-state index is -0.911. The van der Waals surface area contributed by atoms with Gasteiger partial charge in [0.15, 0.2) is 5.78 Å². The molecule has 0 saturated heterocycles. The summed E-state index contributed by atoms with van der Waals surface area (Å²) < 4.78 is 0. The normalized spacial score (nSPS) is 52.0. The van der Waals surface area contributed by atoms with Crippen LogP contribution in [0.4, 0.5) is 0 Å². The highest BCUT2D eigenvalue weighted by atomic mass is 16.3. The van der Waals surface area contributed by atoms with E-state index in [9.17, 15) is 15.0 Å². The second-order valence-electron chi connectivity index (χ2n) is 7.78. The van der Waals surface area contributed by atoms with Gasteiger partial charge in [-0.2, -0.15) is 0 Å². The zero-order valence-corrected chi connectivity index (χ0v) is 12.6. The van der Waals surface area contributed by atoms with Crippen molar-refractivity contribution in [2.45, 2.75) is 57.2 Å². The topological polar surface area (TPSA) is 57.5 Å². The first-order valence-corrected chi connectivity index (χ1v) is 8.30. The fourth-order valence-electron chi connectivity index (χ4n) is 5.82. The van der Waals surface area contributed by atoms with Crippen molar-refractivity contribution < 1.29 is 15.0 Å². The summed E-state index contributed by atoms with van der Waals surface area (Å²) in [6, 6.07) is 0. The molecular formula is C18H24O3. The van der Waals surface area contributed by atoms with E-state index in [1.54, 1.807) is 12.2 Å². The summed E-state index contributed by atoms with van der Waals surface area (Å²) in [7, 11) is 0. The molecule has 0 heterocycles. The molecule has 0 aromatic carbocycles. The minimum absolute atomic E-state index is 0.00469. The SMILES string of the molecule is C[C@]12CCC3C(CCC4=CC(=O)C=C[C@@]43O)C1CCC2O. The number of carbonyl (C=O) groups excluding carboxylic acids is 1. The van der Waals surface area contributed by atoms with E-state index >= 15 is 0 Å². The predicted octanol–water partition coefficient (Wildman–Crippen LogP) is 2.38. The molecule has 21 heavy (non-hydrogen) atoms. The number of hydrogen-bond donors (Lipinski definition) is 2. The third kappa shape index (κ3) is 1.71. The number of allylic oxidation sites excluding steroid dienone is 2. The van der Waals surface area contributed by atoms with Crippen molar-refractivity contribution in [1.29, 1.82) is 0 Å². The van der Waals surface area contributed by atoms with Crippen molar-refractivity contribution >= 4 is 5.78 Å². The van der Waals surface area contributed by atoms with Crippen LogP contribution in [-0.4, -0.2) is 27.7 Å². The highest BCUT2D eigenvalue weighted by Crippen LogP contribution is 2.62. The third-order valence-electron chi connectivity index (χ3n) is 7.03. The molecule has 0 bridgehead atoms. The number of ketones is 1. The Kier molecular flexibility index (Phi) is 2.81. The summed E-state index contributed by atoms with van der Waals surface area (Å²) in [5.74, 6) is 1.21. The Labute approximate surface area is 125 Å². The molecule has 3 saturated carbocycles. The van der Waals surface area contributed by atoms with Gasteiger partial charge in [-0.25, -0.2) is 0 Å². The number of rotatable bonds is 0. The van der Waals surface area contributed by atoms with Gasteiger partial charge in [-0.3, -0.25) is 4.79 Å². The Morgan fingerprint density at radius 1 is 1.19 bits per heavy atom. The van der Waals surface area contributed by atoms with E-state index in [0.29, 0.717) is 11.8 Å². The van der Waals surface area contributed by atoms with Crippen molar-refractivity contribution in [1.82, 2.24) is 0 Å². The summed E-state index contributed by atoms with van der Waals surface area (Å²) >= 11 is 0. The molecule has 0 aromatic rings. The lowest BCUT2D eigenvalue weighted by molar-refractivity contribution is -0.113. The van der Waals surface area contributed by atoms with Gasteiger partial charge < -0.3 is 10.2 Å². The van der Waals surface area contributed by atoms with Gasteiger partial charge in [0, 0.05) is 0 Å². The molecule has 0 radical (unpaired) electrons. The van der Waals surface area contributed by atoms with Crippen LogP contribution in [-0.2, 0) is 4.79 Å². The van der Waals surface area contributed by atoms with Crippen molar-refractivity contribution in [3.8, 4) is 0 Å². The number of carbonyl (C=O) groups is 1. The highest BCUT2D eigenvalue weighted by molar-refractivity contribution is 6.01. The second kappa shape index (κ2) is 4.30. The summed E-state index contributed by atoms with van der Waals surface area (Å²) in [5.41, 5.74) is 0.0388. The molecule has 0 amide bonds. The maximum Gasteiger partial charge on any atom is 0.178 e. The van der Waals surface area contributed by atoms with Gasteiger partial charge in [0.25, 0.3) is 0 Å². The lowest BCUT2D eigenvalue weighted by atomic mass is 9.51. The molecule has 114 valence electrons. The van der Waals surface area contributed by atoms with Crippen molar-refractivity contribution in [3.05, 3.63) is 23.8 Å². The van der Waals surface area contributed by atoms with Crippen molar-refractivity contribution in [2.24, 2.45) is 23.2 Å². The number of hydrogen-bond acceptors (Lipinski definition) is 3. The van der Waals surface area contributed by atoms with E-state index in [4.69, 9.17) is 0 Å². The summed E-state index contributed by atoms with van der Waals surface area (Å²) in [5, 5.41) is 21.6. The number of aliphatic hydroxyl groups excluding tert-OH is 1. The first-order chi connectivity index (χ1) is 9.95. The molecule has 2 N–H and O–H groups in total. The first-order valence-electron chi connectivity index (χ1n) is 8.30. The smallest absolute Gasteiger partial charge is 0.178 e. The summed E-state index contributed by atoms with van der Waals surface area (Å²) in [6.07, 6.45) is 10.5. The van der Waals surface area contributed by atoms with Crippen LogP contribution in [0.5, 0.6) is 0 Å². The Hall–Kier alpha value is -0.930. The zero-order valence-electron chi connectivity index (χ0n) is 12.6. The van der Waals surface area contributed by atoms with Gasteiger partial charge in [-0.05, 0) is 85.5 Å². The largest absolute Gasteiger partial charge is 0.393 e. The standard InChI is InChI=1S/C18H24O3/c1-17-8-7-15-13(14(17)4-5-16(17)20)3-2-11-10-12(19)6-9-18(11,15)21/h6,9-10,13-16,20-21H,2-5,7-8H2,1H3/t13?,14?,15?,16?,17-,18+/m0/s1. The van der Waals surface area contributed by atoms with Crippen LogP contribution in [0.3, 0.4) is 0 Å². The molecule has 3 heteroatoms. The average Bonchev–Trinajstić information content (AvgIpc) is 2.76. The Morgan fingerprint density at radius 2 is 2.00 bits per heavy atom. The molecule has 0 aromatic heterocycles. The van der Waals surface area contributed by atoms with Gasteiger partial charge >= 0.3 is 0 Å². The lowest BCUT2D eigenvalue weighted by Crippen LogP contribution is -2.54. The van der Waals surface area contributed by atoms with Gasteiger partial charge in [-0.15, -0.1) is 0 Å². The molecule has 0 spiro atoms. The Bertz CT molecular complexity index is 549. The maximum absolute atomic E-state index is 11.6. The second-order valence-corrected chi connectivity index (χ2v) is 7.78. The average molecular weight is 288 g/mol. The molecule has 4 rings (SSSR count). The summed E-state index contributed by atoms with van der Waals surface area (Å²) in [4.78, 5) is 11.6. The minimum Gasteiger partial charge on any atom is -0.393 e. The fraction of sp³-hybridized carbons (Fsp3) is 0.722. The highest BCUT2D eigenvalue weighted by Gasteiger charge is 2.59. The van der Waals surface area contributed by atoms with Crippen molar-refractivity contribution in [2.75, 3.05) is 0 Å². The molecule has 6 atom stereocenters. The van der Waals surface area contributed by atoms with Gasteiger partial charge in [0.05, 0.1) is 6.10 Å². The van der Waals surface area contributed by atoms with Crippen LogP contribution < -0.4 is 0 Å². The predicted molar refractivity (Wildman–Crippen MR) is 79.5 cm³/mol. The van der Waals surface area contributed by atoms with E-state index in [1.807, 2.05) is 0 Å². The van der Waals surface area contributed by atoms with Crippen LogP contribution >= 0.6 is 0 Å². The quantitative estimate of drug-likeness (QED) is 0.719. The van der Waals surface area contributed by atoms with E-state index in [2.05, 4.69) is 6.92 Å². The van der Waals surface area contributed by atoms with Gasteiger partial charge in [0.1, 0.15) is 5.60 Å². The third-order valence-corrected chi connectivity index (χ3v) is 7.03. The molecule has 4 unspecified atom stereocenters. The molecule has 0 aliphatic heterocycles. The fourth-order valence-corrected chi connectivity index (χ4v) is 5.82. The van der Waals surface area contributed by atoms with E-state index in [0.717, 1.165) is 44.1 Å². The number of fused-ring (bicyclic) bond motifs is 5. The lowest BCUT2D eigenvalue weighted by Gasteiger charge is -2.55. The van der Waals surface area contributed by atoms with Crippen molar-refractivity contribution in [3.63, 3.8) is 0 Å². The zero-order chi connectivity index (χ0) is 14.8. The maximum atomic E-state index is 11.6. The van der Waals surface area contributed by atoms with Gasteiger partial charge in [0.2, 0.25) is 0 Å². The van der Waals surface area contributed by atoms with Crippen LogP contribution in [0.2, 0.25) is 0 Å². The van der Waals surface area contributed by atoms with E-state index < -0.39 is 5.60 Å². The summed E-state index contributed by atoms with van der Waals surface area (Å²) in [6.45, 7) is 2.24. The van der Waals surface area contributed by atoms with E-state index in [-0.39, 0.29) is 23.2 Å². The monoisotopic (exact) mass is 288 g/mol. The Morgan fingerprint density at radius 3 is 2.81 bits per heavy atom. The Balaban J connectivity index is 1.70. The molecule has 3 fully saturated rings. The first kappa shape index (κ1) is 13.7. The van der Waals surface area contributed by atoms with E-state index in [1.165, 1.54) is 6.08 Å². The molecular weight excluding hydrogens is 264 g/mol. The molecule has 4 aliphatic rings.